The molecular formula is C18H18N6O2. The Bertz CT molecular complexity index is 990. The van der Waals surface area contributed by atoms with E-state index in [4.69, 9.17) is 5.73 Å². The number of carbonyl (C=O) groups is 2. The van der Waals surface area contributed by atoms with Crippen molar-refractivity contribution in [2.75, 3.05) is 0 Å². The van der Waals surface area contributed by atoms with Gasteiger partial charge in [0.05, 0.1) is 0 Å². The Balaban J connectivity index is 1.62. The summed E-state index contributed by atoms with van der Waals surface area (Å²) in [6.07, 6.45) is 8.04. The first-order chi connectivity index (χ1) is 12.6. The number of primary amides is 1. The lowest BCUT2D eigenvalue weighted by Gasteiger charge is -2.26. The summed E-state index contributed by atoms with van der Waals surface area (Å²) in [6, 6.07) is 7.18. The Morgan fingerprint density at radius 3 is 2.77 bits per heavy atom. The molecule has 3 aromatic rings. The molecular weight excluding hydrogens is 332 g/mol. The number of benzene rings is 1. The van der Waals surface area contributed by atoms with Crippen molar-refractivity contribution in [3.8, 4) is 11.1 Å². The smallest absolute Gasteiger partial charge is 0.254 e. The molecule has 132 valence electrons. The van der Waals surface area contributed by atoms with Crippen molar-refractivity contribution in [3.63, 3.8) is 0 Å². The molecule has 0 radical (unpaired) electrons. The van der Waals surface area contributed by atoms with Crippen LogP contribution in [-0.4, -0.2) is 36.9 Å². The van der Waals surface area contributed by atoms with Gasteiger partial charge in [0.25, 0.3) is 11.7 Å². The number of carbonyl (C=O) groups excluding carboxylic acids is 2. The Hall–Kier alpha value is -3.29. The van der Waals surface area contributed by atoms with Gasteiger partial charge < -0.3 is 11.1 Å². The van der Waals surface area contributed by atoms with Crippen LogP contribution in [0.5, 0.6) is 0 Å². The maximum absolute atomic E-state index is 12.7. The molecule has 4 rings (SSSR count). The SMILES string of the molecule is NC(=O)C1(NC(=O)c2cccc(-c3cnc4nncn4c3)c2)CCCC1. The van der Waals surface area contributed by atoms with Crippen molar-refractivity contribution in [1.29, 1.82) is 0 Å². The Morgan fingerprint density at radius 2 is 2.00 bits per heavy atom. The molecule has 8 heteroatoms. The van der Waals surface area contributed by atoms with Crippen molar-refractivity contribution in [2.45, 2.75) is 31.2 Å². The molecule has 1 saturated carbocycles. The predicted octanol–water partition coefficient (Wildman–Crippen LogP) is 1.32. The second kappa shape index (κ2) is 6.21. The summed E-state index contributed by atoms with van der Waals surface area (Å²) >= 11 is 0. The lowest BCUT2D eigenvalue weighted by atomic mass is 9.95. The molecule has 1 fully saturated rings. The van der Waals surface area contributed by atoms with E-state index in [1.165, 1.54) is 0 Å². The largest absolute Gasteiger partial charge is 0.368 e. The Morgan fingerprint density at radius 1 is 1.19 bits per heavy atom. The monoisotopic (exact) mass is 350 g/mol. The standard InChI is InChI=1S/C18H18N6O2/c19-16(26)18(6-1-2-7-18)22-15(25)13-5-3-4-12(8-13)14-9-20-17-23-21-11-24(17)10-14/h3-5,8-11H,1-2,6-7H2,(H2,19,26)(H,22,25). The van der Waals surface area contributed by atoms with Crippen molar-refractivity contribution >= 4 is 17.6 Å². The van der Waals surface area contributed by atoms with E-state index in [1.54, 1.807) is 35.1 Å². The number of amides is 2. The average molecular weight is 350 g/mol. The van der Waals surface area contributed by atoms with Gasteiger partial charge in [-0.3, -0.25) is 14.0 Å². The van der Waals surface area contributed by atoms with E-state index >= 15 is 0 Å². The Kier molecular flexibility index (Phi) is 3.87. The number of rotatable bonds is 4. The van der Waals surface area contributed by atoms with Crippen LogP contribution < -0.4 is 11.1 Å². The molecule has 0 saturated heterocycles. The van der Waals surface area contributed by atoms with Crippen LogP contribution in [0.15, 0.2) is 43.0 Å². The number of hydrogen-bond donors (Lipinski definition) is 2. The van der Waals surface area contributed by atoms with E-state index in [2.05, 4.69) is 20.5 Å². The lowest BCUT2D eigenvalue weighted by Crippen LogP contribution is -2.55. The summed E-state index contributed by atoms with van der Waals surface area (Å²) in [4.78, 5) is 28.8. The van der Waals surface area contributed by atoms with Gasteiger partial charge in [0.1, 0.15) is 11.9 Å². The zero-order valence-corrected chi connectivity index (χ0v) is 14.1. The fourth-order valence-electron chi connectivity index (χ4n) is 3.42. The molecule has 1 aromatic carbocycles. The van der Waals surface area contributed by atoms with Crippen molar-refractivity contribution < 1.29 is 9.59 Å². The van der Waals surface area contributed by atoms with Gasteiger partial charge >= 0.3 is 0 Å². The molecule has 2 aromatic heterocycles. The number of nitrogens with one attached hydrogen (secondary N) is 1. The number of hydrogen-bond acceptors (Lipinski definition) is 5. The Labute approximate surface area is 149 Å². The summed E-state index contributed by atoms with van der Waals surface area (Å²) < 4.78 is 1.71. The highest BCUT2D eigenvalue weighted by Crippen LogP contribution is 2.30. The van der Waals surface area contributed by atoms with Crippen LogP contribution in [0.2, 0.25) is 0 Å². The number of nitrogens with zero attached hydrogens (tertiary/aromatic N) is 4. The first-order valence-electron chi connectivity index (χ1n) is 8.46. The van der Waals surface area contributed by atoms with Crippen molar-refractivity contribution in [3.05, 3.63) is 48.5 Å². The molecule has 1 aliphatic carbocycles. The summed E-state index contributed by atoms with van der Waals surface area (Å²) in [5.74, 6) is -0.264. The molecule has 26 heavy (non-hydrogen) atoms. The second-order valence-electron chi connectivity index (χ2n) is 6.57. The zero-order valence-electron chi connectivity index (χ0n) is 14.1. The van der Waals surface area contributed by atoms with Gasteiger partial charge in [0.15, 0.2) is 0 Å². The van der Waals surface area contributed by atoms with E-state index in [9.17, 15) is 9.59 Å². The predicted molar refractivity (Wildman–Crippen MR) is 94.1 cm³/mol. The third-order valence-electron chi connectivity index (χ3n) is 4.89. The third kappa shape index (κ3) is 2.79. The minimum Gasteiger partial charge on any atom is -0.368 e. The molecule has 2 amide bonds. The maximum atomic E-state index is 12.7. The van der Waals surface area contributed by atoms with Gasteiger partial charge in [-0.15, -0.1) is 10.2 Å². The maximum Gasteiger partial charge on any atom is 0.254 e. The first kappa shape index (κ1) is 16.2. The van der Waals surface area contributed by atoms with Crippen LogP contribution in [0.1, 0.15) is 36.0 Å². The van der Waals surface area contributed by atoms with E-state index < -0.39 is 11.4 Å². The van der Waals surface area contributed by atoms with Crippen molar-refractivity contribution in [1.82, 2.24) is 24.9 Å². The second-order valence-corrected chi connectivity index (χ2v) is 6.57. The first-order valence-corrected chi connectivity index (χ1v) is 8.46. The van der Waals surface area contributed by atoms with E-state index in [-0.39, 0.29) is 5.91 Å². The highest BCUT2D eigenvalue weighted by atomic mass is 16.2. The molecule has 0 aliphatic heterocycles. The molecule has 0 atom stereocenters. The van der Waals surface area contributed by atoms with Gasteiger partial charge in [-0.2, -0.15) is 0 Å². The van der Waals surface area contributed by atoms with Gasteiger partial charge in [-0.05, 0) is 30.5 Å². The van der Waals surface area contributed by atoms with Crippen LogP contribution in [0.4, 0.5) is 0 Å². The minimum atomic E-state index is -0.934. The summed E-state index contributed by atoms with van der Waals surface area (Å²) in [6.45, 7) is 0. The molecule has 8 nitrogen and oxygen atoms in total. The van der Waals surface area contributed by atoms with Gasteiger partial charge in [-0.1, -0.05) is 25.0 Å². The van der Waals surface area contributed by atoms with Gasteiger partial charge in [0, 0.05) is 23.5 Å². The van der Waals surface area contributed by atoms with Crippen LogP contribution in [0.3, 0.4) is 0 Å². The molecule has 0 spiro atoms. The zero-order chi connectivity index (χ0) is 18.1. The molecule has 0 bridgehead atoms. The lowest BCUT2D eigenvalue weighted by molar-refractivity contribution is -0.123. The molecule has 0 unspecified atom stereocenters. The summed E-state index contributed by atoms with van der Waals surface area (Å²) in [5.41, 5.74) is 6.75. The van der Waals surface area contributed by atoms with E-state index in [0.29, 0.717) is 24.2 Å². The minimum absolute atomic E-state index is 0.300. The summed E-state index contributed by atoms with van der Waals surface area (Å²) in [5, 5.41) is 10.5. The molecule has 1 aliphatic rings. The topological polar surface area (TPSA) is 115 Å². The fraction of sp³-hybridized carbons (Fsp3) is 0.278. The quantitative estimate of drug-likeness (QED) is 0.736. The van der Waals surface area contributed by atoms with Gasteiger partial charge in [-0.25, -0.2) is 4.98 Å². The number of aromatic nitrogens is 4. The number of nitrogens with two attached hydrogens (primary N) is 1. The van der Waals surface area contributed by atoms with Crippen LogP contribution in [-0.2, 0) is 4.79 Å². The highest BCUT2D eigenvalue weighted by Gasteiger charge is 2.41. The fourth-order valence-corrected chi connectivity index (χ4v) is 3.42. The number of fused-ring (bicyclic) bond motifs is 1. The average Bonchev–Trinajstić information content (AvgIpc) is 3.31. The molecule has 3 N–H and O–H groups in total. The van der Waals surface area contributed by atoms with Gasteiger partial charge in [0.2, 0.25) is 5.91 Å². The third-order valence-corrected chi connectivity index (χ3v) is 4.89. The van der Waals surface area contributed by atoms with Crippen LogP contribution >= 0.6 is 0 Å². The van der Waals surface area contributed by atoms with E-state index in [0.717, 1.165) is 24.0 Å². The summed E-state index contributed by atoms with van der Waals surface area (Å²) in [7, 11) is 0. The van der Waals surface area contributed by atoms with E-state index in [1.807, 2.05) is 12.3 Å². The van der Waals surface area contributed by atoms with Crippen molar-refractivity contribution in [2.24, 2.45) is 5.73 Å². The molecule has 2 heterocycles. The van der Waals surface area contributed by atoms with Crippen LogP contribution in [0, 0.1) is 0 Å². The normalized spacial score (nSPS) is 15.8. The highest BCUT2D eigenvalue weighted by molar-refractivity contribution is 5.99. The van der Waals surface area contributed by atoms with Crippen LogP contribution in [0.25, 0.3) is 16.9 Å².